The van der Waals surface area contributed by atoms with Crippen molar-refractivity contribution in [2.45, 2.75) is 13.5 Å². The normalized spacial score (nSPS) is 11.0. The van der Waals surface area contributed by atoms with E-state index < -0.39 is 0 Å². The molecule has 4 rings (SSSR count). The Balaban J connectivity index is 1.64. The lowest BCUT2D eigenvalue weighted by Crippen LogP contribution is -2.04. The van der Waals surface area contributed by atoms with E-state index in [0.717, 1.165) is 10.9 Å². The zero-order valence-electron chi connectivity index (χ0n) is 13.9. The van der Waals surface area contributed by atoms with Crippen LogP contribution in [0.4, 0.5) is 14.6 Å². The van der Waals surface area contributed by atoms with Crippen LogP contribution in [0.3, 0.4) is 0 Å². The molecular formula is C19H15F2N5. The van der Waals surface area contributed by atoms with Crippen molar-refractivity contribution in [3.63, 3.8) is 0 Å². The summed E-state index contributed by atoms with van der Waals surface area (Å²) in [5.74, 6) is 0.0538. The largest absolute Gasteiger partial charge is 0.365 e. The zero-order chi connectivity index (χ0) is 18.1. The summed E-state index contributed by atoms with van der Waals surface area (Å²) >= 11 is 0. The van der Waals surface area contributed by atoms with Gasteiger partial charge in [0.25, 0.3) is 0 Å². The number of benzene rings is 2. The van der Waals surface area contributed by atoms with Gasteiger partial charge in [-0.3, -0.25) is 0 Å². The van der Waals surface area contributed by atoms with E-state index in [0.29, 0.717) is 29.3 Å². The highest BCUT2D eigenvalue weighted by Gasteiger charge is 2.11. The number of nitrogens with one attached hydrogen (secondary N) is 1. The highest BCUT2D eigenvalue weighted by molar-refractivity contribution is 5.87. The SMILES string of the molecule is Cc1ccc(CNc2ncnc3c2cnn3-c2ccc(F)cc2)cc1F. The van der Waals surface area contributed by atoms with Crippen LogP contribution in [0.1, 0.15) is 11.1 Å². The van der Waals surface area contributed by atoms with E-state index in [1.807, 2.05) is 6.07 Å². The molecule has 0 bridgehead atoms. The molecule has 5 nitrogen and oxygen atoms in total. The van der Waals surface area contributed by atoms with Crippen molar-refractivity contribution in [2.24, 2.45) is 0 Å². The molecule has 1 N–H and O–H groups in total. The Bertz CT molecular complexity index is 1070. The standard InChI is InChI=1S/C19H15F2N5/c1-12-2-3-13(8-17(12)21)9-22-18-16-10-25-26(19(16)24-11-23-18)15-6-4-14(20)5-7-15/h2-8,10-11H,9H2,1H3,(H,22,23,24). The number of halogens is 2. The molecule has 0 saturated carbocycles. The lowest BCUT2D eigenvalue weighted by molar-refractivity contribution is 0.616. The highest BCUT2D eigenvalue weighted by Crippen LogP contribution is 2.22. The van der Waals surface area contributed by atoms with Crippen LogP contribution in [0.25, 0.3) is 16.7 Å². The van der Waals surface area contributed by atoms with E-state index in [4.69, 9.17) is 0 Å². The third-order valence-electron chi connectivity index (χ3n) is 4.13. The smallest absolute Gasteiger partial charge is 0.168 e. The van der Waals surface area contributed by atoms with E-state index >= 15 is 0 Å². The van der Waals surface area contributed by atoms with Crippen LogP contribution in [0.15, 0.2) is 55.0 Å². The van der Waals surface area contributed by atoms with Crippen LogP contribution in [0.5, 0.6) is 0 Å². The molecular weight excluding hydrogens is 336 g/mol. The maximum Gasteiger partial charge on any atom is 0.168 e. The number of aromatic nitrogens is 4. The van der Waals surface area contributed by atoms with Crippen LogP contribution in [-0.4, -0.2) is 19.7 Å². The first-order valence-corrected chi connectivity index (χ1v) is 8.05. The molecule has 4 aromatic rings. The number of rotatable bonds is 4. The van der Waals surface area contributed by atoms with Crippen molar-refractivity contribution in [3.05, 3.63) is 77.8 Å². The lowest BCUT2D eigenvalue weighted by Gasteiger charge is -2.08. The van der Waals surface area contributed by atoms with Crippen molar-refractivity contribution in [1.29, 1.82) is 0 Å². The van der Waals surface area contributed by atoms with Gasteiger partial charge in [0.2, 0.25) is 0 Å². The van der Waals surface area contributed by atoms with Crippen molar-refractivity contribution in [2.75, 3.05) is 5.32 Å². The van der Waals surface area contributed by atoms with Gasteiger partial charge in [-0.25, -0.2) is 23.4 Å². The van der Waals surface area contributed by atoms with E-state index in [2.05, 4.69) is 20.4 Å². The van der Waals surface area contributed by atoms with Gasteiger partial charge in [0.15, 0.2) is 5.65 Å². The Hall–Kier alpha value is -3.35. The predicted molar refractivity (Wildman–Crippen MR) is 95.1 cm³/mol. The second-order valence-corrected chi connectivity index (χ2v) is 5.93. The molecule has 2 aromatic carbocycles. The van der Waals surface area contributed by atoms with Gasteiger partial charge in [0, 0.05) is 6.54 Å². The molecule has 0 spiro atoms. The number of anilines is 1. The Morgan fingerprint density at radius 3 is 2.62 bits per heavy atom. The Kier molecular flexibility index (Phi) is 4.04. The summed E-state index contributed by atoms with van der Waals surface area (Å²) in [7, 11) is 0. The molecule has 0 radical (unpaired) electrons. The van der Waals surface area contributed by atoms with Crippen LogP contribution >= 0.6 is 0 Å². The zero-order valence-corrected chi connectivity index (χ0v) is 13.9. The van der Waals surface area contributed by atoms with Gasteiger partial charge < -0.3 is 5.32 Å². The molecule has 2 aromatic heterocycles. The summed E-state index contributed by atoms with van der Waals surface area (Å²) in [6.45, 7) is 2.15. The average molecular weight is 351 g/mol. The monoisotopic (exact) mass is 351 g/mol. The quantitative estimate of drug-likeness (QED) is 0.603. The molecule has 130 valence electrons. The summed E-state index contributed by atoms with van der Waals surface area (Å²) < 4.78 is 28.4. The number of nitrogens with zero attached hydrogens (tertiary/aromatic N) is 4. The second kappa shape index (κ2) is 6.51. The molecule has 0 fully saturated rings. The van der Waals surface area contributed by atoms with Gasteiger partial charge in [-0.2, -0.15) is 5.10 Å². The fourth-order valence-electron chi connectivity index (χ4n) is 2.69. The number of hydrogen-bond donors (Lipinski definition) is 1. The maximum atomic E-state index is 13.7. The van der Waals surface area contributed by atoms with Crippen molar-refractivity contribution < 1.29 is 8.78 Å². The van der Waals surface area contributed by atoms with Crippen molar-refractivity contribution in [1.82, 2.24) is 19.7 Å². The van der Waals surface area contributed by atoms with Gasteiger partial charge in [-0.05, 0) is 48.4 Å². The maximum absolute atomic E-state index is 13.7. The molecule has 0 unspecified atom stereocenters. The molecule has 0 aliphatic carbocycles. The van der Waals surface area contributed by atoms with E-state index in [1.54, 1.807) is 36.0 Å². The average Bonchev–Trinajstić information content (AvgIpc) is 3.08. The molecule has 0 aliphatic rings. The van der Waals surface area contributed by atoms with Crippen LogP contribution < -0.4 is 5.32 Å². The summed E-state index contributed by atoms with van der Waals surface area (Å²) in [5, 5.41) is 8.25. The van der Waals surface area contributed by atoms with Gasteiger partial charge in [0.05, 0.1) is 17.3 Å². The molecule has 0 saturated heterocycles. The van der Waals surface area contributed by atoms with Gasteiger partial charge in [-0.1, -0.05) is 12.1 Å². The summed E-state index contributed by atoms with van der Waals surface area (Å²) in [6, 6.07) is 11.1. The third kappa shape index (κ3) is 2.99. The number of hydrogen-bond acceptors (Lipinski definition) is 4. The third-order valence-corrected chi connectivity index (χ3v) is 4.13. The molecule has 7 heteroatoms. The molecule has 0 aliphatic heterocycles. The first-order chi connectivity index (χ1) is 12.6. The minimum atomic E-state index is -0.312. The highest BCUT2D eigenvalue weighted by atomic mass is 19.1. The molecule has 2 heterocycles. The second-order valence-electron chi connectivity index (χ2n) is 5.93. The molecule has 0 amide bonds. The lowest BCUT2D eigenvalue weighted by atomic mass is 10.1. The summed E-state index contributed by atoms with van der Waals surface area (Å²) in [6.07, 6.45) is 3.08. The Labute approximate surface area is 148 Å². The van der Waals surface area contributed by atoms with E-state index in [-0.39, 0.29) is 11.6 Å². The molecule has 0 atom stereocenters. The fourth-order valence-corrected chi connectivity index (χ4v) is 2.69. The molecule has 26 heavy (non-hydrogen) atoms. The number of aryl methyl sites for hydroxylation is 1. The first-order valence-electron chi connectivity index (χ1n) is 8.05. The first kappa shape index (κ1) is 16.1. The van der Waals surface area contributed by atoms with Gasteiger partial charge in [0.1, 0.15) is 23.8 Å². The Morgan fingerprint density at radius 2 is 1.85 bits per heavy atom. The summed E-state index contributed by atoms with van der Waals surface area (Å²) in [5.41, 5.74) is 2.72. The fraction of sp³-hybridized carbons (Fsp3) is 0.105. The Morgan fingerprint density at radius 1 is 1.04 bits per heavy atom. The van der Waals surface area contributed by atoms with Crippen LogP contribution in [0.2, 0.25) is 0 Å². The van der Waals surface area contributed by atoms with Crippen LogP contribution in [-0.2, 0) is 6.54 Å². The van der Waals surface area contributed by atoms with E-state index in [1.165, 1.54) is 24.5 Å². The van der Waals surface area contributed by atoms with E-state index in [9.17, 15) is 8.78 Å². The summed E-state index contributed by atoms with van der Waals surface area (Å²) in [4.78, 5) is 8.53. The van der Waals surface area contributed by atoms with Gasteiger partial charge in [-0.15, -0.1) is 0 Å². The van der Waals surface area contributed by atoms with Crippen molar-refractivity contribution >= 4 is 16.9 Å². The van der Waals surface area contributed by atoms with Crippen molar-refractivity contribution in [3.8, 4) is 5.69 Å². The van der Waals surface area contributed by atoms with Crippen LogP contribution in [0, 0.1) is 18.6 Å². The number of fused-ring (bicyclic) bond motifs is 1. The van der Waals surface area contributed by atoms with Gasteiger partial charge >= 0.3 is 0 Å². The predicted octanol–water partition coefficient (Wildman–Crippen LogP) is 4.01. The topological polar surface area (TPSA) is 55.6 Å². The minimum absolute atomic E-state index is 0.235. The minimum Gasteiger partial charge on any atom is -0.365 e.